The second-order valence-corrected chi connectivity index (χ2v) is 8.18. The average molecular weight is 592 g/mol. The summed E-state index contributed by atoms with van der Waals surface area (Å²) in [7, 11) is 0. The molecule has 2 atom stereocenters. The van der Waals surface area contributed by atoms with E-state index < -0.39 is 106 Å². The number of carbonyl (C=O) groups excluding carboxylic acids is 1. The first kappa shape index (κ1) is 18.5. The molecule has 0 saturated heterocycles. The van der Waals surface area contributed by atoms with Gasteiger partial charge >= 0.3 is 5.97 Å². The second-order valence-electron chi connectivity index (χ2n) is 7.10. The fraction of sp³-hybridized carbons (Fsp3) is 0.136. The van der Waals surface area contributed by atoms with E-state index in [4.69, 9.17) is 15.0 Å². The molecule has 0 aliphatic carbocycles. The third-order valence-electron chi connectivity index (χ3n) is 4.92. The SMILES string of the molecule is [3H]c1c(O)c(O)c(O)c([3H])c1C(=O)O[C@@H]1Cc2c(cc(O)c(I)c2O)O[C@@H]1c1c([3H])c(O)c(O)c(O)c1[3H]. The molecule has 8 N–H and O–H groups in total. The van der Waals surface area contributed by atoms with Crippen molar-refractivity contribution in [1.29, 1.82) is 0 Å². The lowest BCUT2D eigenvalue weighted by atomic mass is 9.93. The van der Waals surface area contributed by atoms with E-state index >= 15 is 0 Å². The summed E-state index contributed by atoms with van der Waals surface area (Å²) < 4.78 is 43.3. The Morgan fingerprint density at radius 3 is 1.97 bits per heavy atom. The van der Waals surface area contributed by atoms with Gasteiger partial charge in [-0.3, -0.25) is 0 Å². The first-order valence-corrected chi connectivity index (χ1v) is 10.4. The Hall–Kier alpha value is -3.94. The van der Waals surface area contributed by atoms with Crippen molar-refractivity contribution in [3.8, 4) is 51.7 Å². The van der Waals surface area contributed by atoms with Crippen LogP contribution in [0, 0.1) is 3.57 Å². The van der Waals surface area contributed by atoms with Crippen LogP contribution in [0.25, 0.3) is 0 Å². The summed E-state index contributed by atoms with van der Waals surface area (Å²) in [6.45, 7) is 0. The number of fused-ring (bicyclic) bond motifs is 1. The van der Waals surface area contributed by atoms with Crippen molar-refractivity contribution in [3.63, 3.8) is 0 Å². The molecule has 178 valence electrons. The first-order chi connectivity index (χ1) is 17.7. The van der Waals surface area contributed by atoms with Crippen LogP contribution in [0.2, 0.25) is 0 Å². The maximum absolute atomic E-state index is 13.1. The van der Waals surface area contributed by atoms with E-state index in [0.29, 0.717) is 0 Å². The van der Waals surface area contributed by atoms with Crippen molar-refractivity contribution >= 4 is 28.6 Å². The zero-order chi connectivity index (χ0) is 28.4. The van der Waals surface area contributed by atoms with Crippen molar-refractivity contribution in [3.05, 3.63) is 50.5 Å². The molecule has 4 rings (SSSR count). The quantitative estimate of drug-likeness (QED) is 0.127. The smallest absolute Gasteiger partial charge is 0.338 e. The number of aromatic hydroxyl groups is 8. The molecule has 0 bridgehead atoms. The van der Waals surface area contributed by atoms with Crippen molar-refractivity contribution in [2.24, 2.45) is 0 Å². The third-order valence-corrected chi connectivity index (χ3v) is 5.98. The molecule has 0 spiro atoms. The number of carbonyl (C=O) groups is 1. The van der Waals surface area contributed by atoms with Gasteiger partial charge in [0, 0.05) is 23.6 Å². The van der Waals surface area contributed by atoms with Crippen LogP contribution < -0.4 is 4.74 Å². The molecule has 0 amide bonds. The van der Waals surface area contributed by atoms with Crippen LogP contribution in [-0.2, 0) is 11.2 Å². The number of phenolic OH excluding ortho intramolecular Hbond substituents is 8. The minimum Gasteiger partial charge on any atom is -0.507 e. The van der Waals surface area contributed by atoms with Crippen LogP contribution in [0.15, 0.2) is 30.2 Å². The van der Waals surface area contributed by atoms with E-state index in [2.05, 4.69) is 0 Å². The maximum atomic E-state index is 13.1. The number of hydrogen-bond donors (Lipinski definition) is 8. The Morgan fingerprint density at radius 2 is 1.41 bits per heavy atom. The summed E-state index contributed by atoms with van der Waals surface area (Å²) in [5.74, 6) is -9.60. The highest BCUT2D eigenvalue weighted by atomic mass is 127. The van der Waals surface area contributed by atoms with Crippen LogP contribution >= 0.6 is 22.6 Å². The number of esters is 1. The van der Waals surface area contributed by atoms with Crippen LogP contribution in [0.3, 0.4) is 0 Å². The highest BCUT2D eigenvalue weighted by Gasteiger charge is 2.38. The second kappa shape index (κ2) is 8.44. The Kier molecular flexibility index (Phi) is 4.59. The van der Waals surface area contributed by atoms with Gasteiger partial charge in [-0.2, -0.15) is 0 Å². The van der Waals surface area contributed by atoms with Crippen molar-refractivity contribution in [2.45, 2.75) is 18.6 Å². The molecular weight excluding hydrogens is 567 g/mol. The first-order valence-electron chi connectivity index (χ1n) is 11.3. The van der Waals surface area contributed by atoms with Crippen LogP contribution in [-0.4, -0.2) is 52.9 Å². The van der Waals surface area contributed by atoms with E-state index in [9.17, 15) is 45.6 Å². The van der Waals surface area contributed by atoms with Gasteiger partial charge in [0.15, 0.2) is 40.6 Å². The fourth-order valence-electron chi connectivity index (χ4n) is 3.27. The lowest BCUT2D eigenvalue weighted by Gasteiger charge is -2.34. The Labute approximate surface area is 210 Å². The molecule has 12 heteroatoms. The molecule has 1 aliphatic rings. The van der Waals surface area contributed by atoms with Gasteiger partial charge in [0.25, 0.3) is 0 Å². The zero-order valence-corrected chi connectivity index (χ0v) is 18.8. The fourth-order valence-corrected chi connectivity index (χ4v) is 3.75. The van der Waals surface area contributed by atoms with Crippen LogP contribution in [0.1, 0.15) is 33.1 Å². The molecule has 34 heavy (non-hydrogen) atoms. The summed E-state index contributed by atoms with van der Waals surface area (Å²) in [5.41, 5.74) is -1.55. The van der Waals surface area contributed by atoms with E-state index in [0.717, 1.165) is 6.07 Å². The van der Waals surface area contributed by atoms with E-state index in [1.165, 1.54) is 0 Å². The molecule has 0 aromatic heterocycles. The Balaban J connectivity index is 1.89. The predicted octanol–water partition coefficient (Wildman–Crippen LogP) is 2.84. The van der Waals surface area contributed by atoms with Gasteiger partial charge in [-0.15, -0.1) is 0 Å². The highest BCUT2D eigenvalue weighted by molar-refractivity contribution is 14.1. The van der Waals surface area contributed by atoms with Crippen molar-refractivity contribution in [2.75, 3.05) is 0 Å². The number of rotatable bonds is 3. The van der Waals surface area contributed by atoms with Gasteiger partial charge in [0.2, 0.25) is 0 Å². The molecule has 0 radical (unpaired) electrons. The van der Waals surface area contributed by atoms with E-state index in [-0.39, 0.29) is 14.9 Å². The van der Waals surface area contributed by atoms with Gasteiger partial charge in [0.05, 0.1) is 14.6 Å². The minimum absolute atomic E-state index is 0.000118. The topological polar surface area (TPSA) is 197 Å². The monoisotopic (exact) mass is 592 g/mol. The van der Waals surface area contributed by atoms with Crippen LogP contribution in [0.5, 0.6) is 51.7 Å². The van der Waals surface area contributed by atoms with Crippen molar-refractivity contribution < 1.29 is 60.6 Å². The van der Waals surface area contributed by atoms with Gasteiger partial charge < -0.3 is 50.3 Å². The molecule has 1 aliphatic heterocycles. The lowest BCUT2D eigenvalue weighted by molar-refractivity contribution is -0.0189. The molecule has 3 aromatic rings. The summed E-state index contributed by atoms with van der Waals surface area (Å²) in [6, 6.07) is -2.81. The van der Waals surface area contributed by atoms with Gasteiger partial charge in [-0.25, -0.2) is 4.79 Å². The number of benzene rings is 3. The van der Waals surface area contributed by atoms with Gasteiger partial charge in [-0.1, -0.05) is 0 Å². The summed E-state index contributed by atoms with van der Waals surface area (Å²) in [6.07, 6.45) is -3.74. The normalized spacial score (nSPS) is 18.6. The lowest BCUT2D eigenvalue weighted by Crippen LogP contribution is -2.35. The largest absolute Gasteiger partial charge is 0.507 e. The third kappa shape index (κ3) is 3.96. The van der Waals surface area contributed by atoms with Gasteiger partial charge in [0.1, 0.15) is 23.4 Å². The molecule has 3 aromatic carbocycles. The van der Waals surface area contributed by atoms with Gasteiger partial charge in [-0.05, 0) is 46.8 Å². The zero-order valence-electron chi connectivity index (χ0n) is 20.6. The van der Waals surface area contributed by atoms with Crippen molar-refractivity contribution in [1.82, 2.24) is 0 Å². The maximum Gasteiger partial charge on any atom is 0.338 e. The highest BCUT2D eigenvalue weighted by Crippen LogP contribution is 2.47. The number of halogens is 1. The van der Waals surface area contributed by atoms with E-state index in [1.807, 2.05) is 0 Å². The minimum atomic E-state index is -1.70. The number of ether oxygens (including phenoxy) is 2. The molecule has 11 nitrogen and oxygen atoms in total. The standard InChI is InChI=1S/C22H17IO11/c23-17-10(24)6-15-9(18(17)29)5-16(21(33-15)7-1-11(25)19(30)12(26)2-7)34-22(32)8-3-13(27)20(31)14(28)4-8/h1-4,6,16,21,24-31H,5H2/t16-,21-/m1/s1/i1T,2T,3T,4T. The summed E-state index contributed by atoms with van der Waals surface area (Å²) in [5, 5.41) is 80.0. The van der Waals surface area contributed by atoms with E-state index in [1.54, 1.807) is 22.6 Å². The Bertz CT molecular complexity index is 1470. The number of phenols is 8. The molecule has 1 heterocycles. The summed E-state index contributed by atoms with van der Waals surface area (Å²) >= 11 is 1.63. The predicted molar refractivity (Wildman–Crippen MR) is 122 cm³/mol. The number of hydrogen-bond acceptors (Lipinski definition) is 11. The summed E-state index contributed by atoms with van der Waals surface area (Å²) in [4.78, 5) is 13.1. The molecule has 0 saturated carbocycles. The average Bonchev–Trinajstić information content (AvgIpc) is 2.88. The Morgan fingerprint density at radius 1 is 0.882 bits per heavy atom. The molecule has 0 unspecified atom stereocenters. The van der Waals surface area contributed by atoms with Crippen LogP contribution in [0.4, 0.5) is 0 Å². The molecular formula is C22H17IO11. The molecule has 0 fully saturated rings.